The van der Waals surface area contributed by atoms with Crippen LogP contribution in [-0.4, -0.2) is 20.9 Å². The molecule has 0 unspecified atom stereocenters. The fourth-order valence-corrected chi connectivity index (χ4v) is 2.78. The summed E-state index contributed by atoms with van der Waals surface area (Å²) < 4.78 is 2.90. The van der Waals surface area contributed by atoms with E-state index in [4.69, 9.17) is 0 Å². The number of nitrogens with zero attached hydrogens (tertiary/aromatic N) is 3. The van der Waals surface area contributed by atoms with Gasteiger partial charge in [0, 0.05) is 12.7 Å². The quantitative estimate of drug-likeness (QED) is 0.680. The van der Waals surface area contributed by atoms with E-state index in [9.17, 15) is 0 Å². The Kier molecular flexibility index (Phi) is 3.94. The molecule has 1 aliphatic carbocycles. The fourth-order valence-electron chi connectivity index (χ4n) is 2.48. The lowest BCUT2D eigenvalue weighted by Gasteiger charge is -2.05. The van der Waals surface area contributed by atoms with Crippen molar-refractivity contribution < 1.29 is 0 Å². The minimum atomic E-state index is 0.829. The van der Waals surface area contributed by atoms with E-state index in [1.165, 1.54) is 31.4 Å². The fraction of sp³-hybridized carbons (Fsp3) is 0.429. The van der Waals surface area contributed by atoms with E-state index in [0.717, 1.165) is 23.3 Å². The second-order valence-corrected chi connectivity index (χ2v) is 5.68. The third-order valence-electron chi connectivity index (χ3n) is 3.51. The molecule has 0 atom stereocenters. The van der Waals surface area contributed by atoms with Gasteiger partial charge in [0.15, 0.2) is 5.65 Å². The van der Waals surface area contributed by atoms with Gasteiger partial charge in [0.05, 0.1) is 18.1 Å². The zero-order chi connectivity index (χ0) is 13.1. The van der Waals surface area contributed by atoms with Crippen molar-refractivity contribution in [3.05, 3.63) is 40.5 Å². The summed E-state index contributed by atoms with van der Waals surface area (Å²) >= 11 is 3.39. The van der Waals surface area contributed by atoms with Gasteiger partial charge in [-0.25, -0.2) is 9.97 Å². The van der Waals surface area contributed by atoms with Crippen LogP contribution in [-0.2, 0) is 6.54 Å². The van der Waals surface area contributed by atoms with Crippen LogP contribution in [0.5, 0.6) is 0 Å². The van der Waals surface area contributed by atoms with E-state index in [1.807, 2.05) is 12.4 Å². The van der Waals surface area contributed by atoms with E-state index in [2.05, 4.69) is 41.7 Å². The summed E-state index contributed by atoms with van der Waals surface area (Å²) in [6, 6.07) is 0. The molecule has 2 heterocycles. The first kappa shape index (κ1) is 12.8. The van der Waals surface area contributed by atoms with Crippen LogP contribution in [0.15, 0.2) is 34.8 Å². The summed E-state index contributed by atoms with van der Waals surface area (Å²) in [7, 11) is 0. The van der Waals surface area contributed by atoms with Gasteiger partial charge in [0.25, 0.3) is 0 Å². The molecular weight excluding hydrogens is 304 g/mol. The summed E-state index contributed by atoms with van der Waals surface area (Å²) in [5.74, 6) is 0. The maximum atomic E-state index is 4.34. The number of nitrogens with one attached hydrogen (secondary N) is 1. The zero-order valence-corrected chi connectivity index (χ0v) is 12.4. The Morgan fingerprint density at radius 1 is 1.32 bits per heavy atom. The van der Waals surface area contributed by atoms with Gasteiger partial charge in [-0.3, -0.25) is 4.40 Å². The van der Waals surface area contributed by atoms with Crippen molar-refractivity contribution in [1.29, 1.82) is 0 Å². The van der Waals surface area contributed by atoms with E-state index in [-0.39, 0.29) is 0 Å². The highest BCUT2D eigenvalue weighted by Gasteiger charge is 2.05. The predicted octanol–water partition coefficient (Wildman–Crippen LogP) is 3.08. The number of fused-ring (bicyclic) bond motifs is 1. The molecule has 1 aliphatic rings. The number of hydrogen-bond acceptors (Lipinski definition) is 3. The molecule has 0 saturated carbocycles. The molecule has 4 nitrogen and oxygen atoms in total. The third-order valence-corrected chi connectivity index (χ3v) is 3.91. The Labute approximate surface area is 121 Å². The van der Waals surface area contributed by atoms with Crippen LogP contribution < -0.4 is 5.32 Å². The molecule has 0 radical (unpaired) electrons. The van der Waals surface area contributed by atoms with Crippen molar-refractivity contribution in [2.75, 3.05) is 6.54 Å². The van der Waals surface area contributed by atoms with Crippen molar-refractivity contribution in [2.45, 2.75) is 32.2 Å². The van der Waals surface area contributed by atoms with Gasteiger partial charge < -0.3 is 5.32 Å². The molecule has 0 aromatic carbocycles. The van der Waals surface area contributed by atoms with E-state index in [1.54, 1.807) is 11.8 Å². The summed E-state index contributed by atoms with van der Waals surface area (Å²) in [6.07, 6.45) is 13.1. The van der Waals surface area contributed by atoms with Crippen molar-refractivity contribution in [2.24, 2.45) is 0 Å². The lowest BCUT2D eigenvalue weighted by molar-refractivity contribution is 0.661. The smallest absolute Gasteiger partial charge is 0.155 e. The summed E-state index contributed by atoms with van der Waals surface area (Å²) in [6.45, 7) is 1.87. The SMILES string of the molecule is Brc1cn2c(CNCCC3=CCCC3)cnc2cn1. The molecule has 5 heteroatoms. The van der Waals surface area contributed by atoms with Crippen LogP contribution in [0, 0.1) is 0 Å². The molecule has 0 fully saturated rings. The number of rotatable bonds is 5. The Balaban J connectivity index is 1.57. The predicted molar refractivity (Wildman–Crippen MR) is 78.9 cm³/mol. The minimum Gasteiger partial charge on any atom is -0.311 e. The average Bonchev–Trinajstić information content (AvgIpc) is 3.04. The molecule has 2 aromatic heterocycles. The Morgan fingerprint density at radius 2 is 2.26 bits per heavy atom. The van der Waals surface area contributed by atoms with E-state index >= 15 is 0 Å². The van der Waals surface area contributed by atoms with Crippen LogP contribution in [0.3, 0.4) is 0 Å². The highest BCUT2D eigenvalue weighted by Crippen LogP contribution is 2.19. The largest absolute Gasteiger partial charge is 0.311 e. The second kappa shape index (κ2) is 5.84. The van der Waals surface area contributed by atoms with Gasteiger partial charge in [0.2, 0.25) is 0 Å². The maximum Gasteiger partial charge on any atom is 0.155 e. The molecule has 100 valence electrons. The van der Waals surface area contributed by atoms with Crippen LogP contribution in [0.4, 0.5) is 0 Å². The van der Waals surface area contributed by atoms with Crippen molar-refractivity contribution in [1.82, 2.24) is 19.7 Å². The first-order valence-electron chi connectivity index (χ1n) is 6.69. The van der Waals surface area contributed by atoms with Crippen molar-refractivity contribution >= 4 is 21.6 Å². The van der Waals surface area contributed by atoms with Gasteiger partial charge in [-0.15, -0.1) is 0 Å². The Bertz CT molecular complexity index is 603. The number of aromatic nitrogens is 3. The summed E-state index contributed by atoms with van der Waals surface area (Å²) in [4.78, 5) is 8.52. The Hall–Kier alpha value is -1.20. The lowest BCUT2D eigenvalue weighted by atomic mass is 10.2. The van der Waals surface area contributed by atoms with Crippen LogP contribution in [0.1, 0.15) is 31.4 Å². The topological polar surface area (TPSA) is 42.2 Å². The van der Waals surface area contributed by atoms with Crippen LogP contribution in [0.2, 0.25) is 0 Å². The van der Waals surface area contributed by atoms with Crippen LogP contribution in [0.25, 0.3) is 5.65 Å². The first-order chi connectivity index (χ1) is 9.33. The molecule has 2 aromatic rings. The molecule has 0 aliphatic heterocycles. The van der Waals surface area contributed by atoms with Gasteiger partial charge in [-0.1, -0.05) is 11.6 Å². The molecule has 0 spiro atoms. The Morgan fingerprint density at radius 3 is 3.11 bits per heavy atom. The first-order valence-corrected chi connectivity index (χ1v) is 7.48. The minimum absolute atomic E-state index is 0.829. The average molecular weight is 321 g/mol. The van der Waals surface area contributed by atoms with Crippen molar-refractivity contribution in [3.63, 3.8) is 0 Å². The van der Waals surface area contributed by atoms with E-state index < -0.39 is 0 Å². The standard InChI is InChI=1S/C14H17BrN4/c15-13-10-19-12(8-18-14(19)9-17-13)7-16-6-5-11-3-1-2-4-11/h3,8-10,16H,1-2,4-7H2. The number of halogens is 1. The highest BCUT2D eigenvalue weighted by molar-refractivity contribution is 9.10. The molecule has 0 saturated heterocycles. The van der Waals surface area contributed by atoms with Crippen molar-refractivity contribution in [3.8, 4) is 0 Å². The monoisotopic (exact) mass is 320 g/mol. The van der Waals surface area contributed by atoms with Gasteiger partial charge in [0.1, 0.15) is 4.60 Å². The molecule has 3 rings (SSSR count). The normalized spacial score (nSPS) is 15.1. The third kappa shape index (κ3) is 3.04. The van der Waals surface area contributed by atoms with E-state index in [0.29, 0.717) is 0 Å². The summed E-state index contributed by atoms with van der Waals surface area (Å²) in [5.41, 5.74) is 3.66. The molecular formula is C14H17BrN4. The molecule has 19 heavy (non-hydrogen) atoms. The lowest BCUT2D eigenvalue weighted by Crippen LogP contribution is -2.16. The van der Waals surface area contributed by atoms with Gasteiger partial charge in [-0.2, -0.15) is 0 Å². The highest BCUT2D eigenvalue weighted by atomic mass is 79.9. The molecule has 0 bridgehead atoms. The number of allylic oxidation sites excluding steroid dienone is 1. The van der Waals surface area contributed by atoms with Gasteiger partial charge in [-0.05, 0) is 48.2 Å². The van der Waals surface area contributed by atoms with Gasteiger partial charge >= 0.3 is 0 Å². The maximum absolute atomic E-state index is 4.34. The zero-order valence-electron chi connectivity index (χ0n) is 10.8. The molecule has 0 amide bonds. The number of imidazole rings is 1. The summed E-state index contributed by atoms with van der Waals surface area (Å²) in [5, 5.41) is 3.49. The van der Waals surface area contributed by atoms with Crippen LogP contribution >= 0.6 is 15.9 Å². The second-order valence-electron chi connectivity index (χ2n) is 4.87. The number of hydrogen-bond donors (Lipinski definition) is 1. The molecule has 1 N–H and O–H groups in total.